The highest BCUT2D eigenvalue weighted by atomic mass is 32.1. The van der Waals surface area contributed by atoms with Gasteiger partial charge in [-0.25, -0.2) is 10.5 Å². The van der Waals surface area contributed by atoms with Crippen LogP contribution < -0.4 is 11.2 Å². The van der Waals surface area contributed by atoms with Gasteiger partial charge in [-0.05, 0) is 0 Å². The summed E-state index contributed by atoms with van der Waals surface area (Å²) >= 11 is 1.18. The average molecular weight is 272 g/mol. The molecule has 0 radical (unpaired) electrons. The van der Waals surface area contributed by atoms with Crippen molar-refractivity contribution in [1.82, 2.24) is 10.5 Å². The molecular formula is C9H12N4O4S. The molecule has 0 bridgehead atoms. The minimum atomic E-state index is -0.783. The Bertz CT molecular complexity index is 448. The lowest BCUT2D eigenvalue weighted by Gasteiger charge is -2.12. The van der Waals surface area contributed by atoms with E-state index in [9.17, 15) is 9.59 Å². The second-order valence-electron chi connectivity index (χ2n) is 3.11. The first-order valence-corrected chi connectivity index (χ1v) is 5.67. The van der Waals surface area contributed by atoms with Crippen molar-refractivity contribution in [1.29, 1.82) is 5.41 Å². The van der Waals surface area contributed by atoms with Crippen LogP contribution in [0.1, 0.15) is 11.6 Å². The number of thiazole rings is 1. The number of rotatable bonds is 6. The van der Waals surface area contributed by atoms with Gasteiger partial charge in [0.15, 0.2) is 5.13 Å². The molecule has 1 heterocycles. The molecule has 1 unspecified atom stereocenters. The van der Waals surface area contributed by atoms with E-state index in [1.165, 1.54) is 18.4 Å². The summed E-state index contributed by atoms with van der Waals surface area (Å²) in [5, 5.41) is 8.58. The van der Waals surface area contributed by atoms with Crippen LogP contribution in [0.15, 0.2) is 5.38 Å². The molecule has 9 heteroatoms. The first kappa shape index (κ1) is 14.1. The van der Waals surface area contributed by atoms with Gasteiger partial charge in [0.05, 0.1) is 25.6 Å². The van der Waals surface area contributed by atoms with Gasteiger partial charge in [-0.15, -0.1) is 11.3 Å². The van der Waals surface area contributed by atoms with Crippen LogP contribution in [0.3, 0.4) is 0 Å². The molecule has 0 aromatic carbocycles. The van der Waals surface area contributed by atoms with Crippen LogP contribution >= 0.6 is 11.3 Å². The van der Waals surface area contributed by atoms with Crippen LogP contribution in [0.2, 0.25) is 0 Å². The number of carbonyl (C=O) groups excluding carboxylic acids is 2. The van der Waals surface area contributed by atoms with Gasteiger partial charge in [-0.2, -0.15) is 0 Å². The lowest BCUT2D eigenvalue weighted by molar-refractivity contribution is -0.146. The van der Waals surface area contributed by atoms with Crippen LogP contribution in [0.5, 0.6) is 0 Å². The Hall–Kier alpha value is -2.00. The van der Waals surface area contributed by atoms with Gasteiger partial charge in [-0.1, -0.05) is 0 Å². The molecule has 1 rings (SSSR count). The number of hydrogen-bond acceptors (Lipinski definition) is 8. The van der Waals surface area contributed by atoms with Gasteiger partial charge >= 0.3 is 5.97 Å². The highest BCUT2D eigenvalue weighted by Crippen LogP contribution is 2.21. The third-order valence-corrected chi connectivity index (χ3v) is 2.63. The molecule has 18 heavy (non-hydrogen) atoms. The molecule has 98 valence electrons. The summed E-state index contributed by atoms with van der Waals surface area (Å²) in [4.78, 5) is 31.0. The van der Waals surface area contributed by atoms with Gasteiger partial charge in [0, 0.05) is 5.38 Å². The van der Waals surface area contributed by atoms with E-state index in [1.807, 2.05) is 5.48 Å². The fourth-order valence-electron chi connectivity index (χ4n) is 1.10. The van der Waals surface area contributed by atoms with Crippen molar-refractivity contribution in [2.24, 2.45) is 0 Å². The van der Waals surface area contributed by atoms with Gasteiger partial charge in [0.25, 0.3) is 5.91 Å². The molecule has 0 aliphatic carbocycles. The zero-order chi connectivity index (χ0) is 13.5. The maximum atomic E-state index is 11.5. The van der Waals surface area contributed by atoms with Crippen LogP contribution in [0.4, 0.5) is 5.13 Å². The average Bonchev–Trinajstić information content (AvgIpc) is 2.79. The van der Waals surface area contributed by atoms with Gasteiger partial charge in [-0.3, -0.25) is 14.4 Å². The second-order valence-corrected chi connectivity index (χ2v) is 4.00. The number of nitrogens with two attached hydrogens (primary N) is 1. The molecule has 0 spiro atoms. The molecule has 1 aromatic rings. The van der Waals surface area contributed by atoms with Crippen molar-refractivity contribution in [2.75, 3.05) is 19.5 Å². The molecule has 0 fully saturated rings. The standard InChI is InChI=1S/C9H12N4O4S/c1-16-8(15)5(3-17-13-7(14)2-10)6-4-18-9(11)12-6/h2,4-5,10H,3H2,1H3,(H2,11,12)(H,13,14). The van der Waals surface area contributed by atoms with E-state index in [0.717, 1.165) is 0 Å². The quantitative estimate of drug-likeness (QED) is 0.370. The van der Waals surface area contributed by atoms with Crippen molar-refractivity contribution in [2.45, 2.75) is 5.92 Å². The Morgan fingerprint density at radius 3 is 2.94 bits per heavy atom. The largest absolute Gasteiger partial charge is 0.468 e. The van der Waals surface area contributed by atoms with Crippen LogP contribution in [-0.2, 0) is 19.2 Å². The number of aromatic nitrogens is 1. The Balaban J connectivity index is 2.65. The number of nitrogens with zero attached hydrogens (tertiary/aromatic N) is 1. The third-order valence-electron chi connectivity index (χ3n) is 1.94. The second kappa shape index (κ2) is 6.67. The van der Waals surface area contributed by atoms with Gasteiger partial charge in [0.1, 0.15) is 5.92 Å². The van der Waals surface area contributed by atoms with Gasteiger partial charge in [0.2, 0.25) is 0 Å². The summed E-state index contributed by atoms with van der Waals surface area (Å²) in [5.74, 6) is -2.06. The Kier molecular flexibility index (Phi) is 5.21. The molecular weight excluding hydrogens is 260 g/mol. The Morgan fingerprint density at radius 2 is 2.44 bits per heavy atom. The molecule has 1 amide bonds. The zero-order valence-corrected chi connectivity index (χ0v) is 10.3. The van der Waals surface area contributed by atoms with Crippen molar-refractivity contribution < 1.29 is 19.2 Å². The molecule has 1 aromatic heterocycles. The van der Waals surface area contributed by atoms with E-state index in [4.69, 9.17) is 16.0 Å². The Morgan fingerprint density at radius 1 is 1.72 bits per heavy atom. The van der Waals surface area contributed by atoms with E-state index in [2.05, 4.69) is 9.72 Å². The smallest absolute Gasteiger partial charge is 0.317 e. The minimum absolute atomic E-state index is 0.157. The molecule has 8 nitrogen and oxygen atoms in total. The summed E-state index contributed by atoms with van der Waals surface area (Å²) in [5.41, 5.74) is 7.85. The fraction of sp³-hybridized carbons (Fsp3) is 0.333. The summed E-state index contributed by atoms with van der Waals surface area (Å²) in [6, 6.07) is 0. The molecule has 1 atom stereocenters. The lowest BCUT2D eigenvalue weighted by Crippen LogP contribution is -2.29. The van der Waals surface area contributed by atoms with Crippen molar-refractivity contribution in [3.8, 4) is 0 Å². The number of amides is 1. The zero-order valence-electron chi connectivity index (χ0n) is 9.50. The van der Waals surface area contributed by atoms with E-state index in [1.54, 1.807) is 5.38 Å². The first-order valence-electron chi connectivity index (χ1n) is 4.79. The van der Waals surface area contributed by atoms with Crippen molar-refractivity contribution in [3.63, 3.8) is 0 Å². The highest BCUT2D eigenvalue weighted by molar-refractivity contribution is 7.13. The van der Waals surface area contributed by atoms with Crippen molar-refractivity contribution in [3.05, 3.63) is 11.1 Å². The first-order chi connectivity index (χ1) is 8.58. The molecule has 0 saturated carbocycles. The number of nitrogens with one attached hydrogen (secondary N) is 2. The van der Waals surface area contributed by atoms with E-state index < -0.39 is 17.8 Å². The highest BCUT2D eigenvalue weighted by Gasteiger charge is 2.25. The summed E-state index contributed by atoms with van der Waals surface area (Å²) < 4.78 is 4.61. The van der Waals surface area contributed by atoms with E-state index in [0.29, 0.717) is 17.0 Å². The monoisotopic (exact) mass is 272 g/mol. The predicted molar refractivity (Wildman–Crippen MR) is 64.2 cm³/mol. The predicted octanol–water partition coefficient (Wildman–Crippen LogP) is -0.321. The van der Waals surface area contributed by atoms with Crippen LogP contribution in [0.25, 0.3) is 0 Å². The summed E-state index contributed by atoms with van der Waals surface area (Å²) in [6.07, 6.45) is 0.550. The van der Waals surface area contributed by atoms with Gasteiger partial charge < -0.3 is 15.9 Å². The molecule has 0 aliphatic heterocycles. The SMILES string of the molecule is COC(=O)C(CONC(=O)C=N)c1csc(N)n1. The normalized spacial score (nSPS) is 11.6. The summed E-state index contributed by atoms with van der Waals surface area (Å²) in [7, 11) is 1.24. The molecule has 0 aliphatic rings. The Labute approximate surface area is 107 Å². The number of esters is 1. The van der Waals surface area contributed by atoms with Crippen LogP contribution in [-0.4, -0.2) is 36.8 Å². The third kappa shape index (κ3) is 3.79. The fourth-order valence-corrected chi connectivity index (χ4v) is 1.72. The summed E-state index contributed by atoms with van der Waals surface area (Å²) in [6.45, 7) is -0.157. The number of hydroxylamine groups is 1. The maximum Gasteiger partial charge on any atom is 0.317 e. The van der Waals surface area contributed by atoms with E-state index >= 15 is 0 Å². The lowest BCUT2D eigenvalue weighted by atomic mass is 10.1. The maximum absolute atomic E-state index is 11.5. The van der Waals surface area contributed by atoms with E-state index in [-0.39, 0.29) is 6.61 Å². The number of anilines is 1. The topological polar surface area (TPSA) is 127 Å². The minimum Gasteiger partial charge on any atom is -0.468 e. The number of hydrogen-bond donors (Lipinski definition) is 3. The number of methoxy groups -OCH3 is 1. The molecule has 4 N–H and O–H groups in total. The number of carbonyl (C=O) groups is 2. The molecule has 0 saturated heterocycles. The van der Waals surface area contributed by atoms with Crippen LogP contribution in [0, 0.1) is 5.41 Å². The number of ether oxygens (including phenoxy) is 1. The van der Waals surface area contributed by atoms with Crippen molar-refractivity contribution >= 4 is 34.6 Å². The number of nitrogen functional groups attached to an aromatic ring is 1.